The van der Waals surface area contributed by atoms with Crippen LogP contribution in [0.1, 0.15) is 28.5 Å². The number of hydrogen-bond acceptors (Lipinski definition) is 2. The third-order valence-corrected chi connectivity index (χ3v) is 3.01. The number of carbonyl (C=O) groups is 2. The minimum Gasteiger partial charge on any atom is -0.475 e. The van der Waals surface area contributed by atoms with Gasteiger partial charge in [0.2, 0.25) is 0 Å². The summed E-state index contributed by atoms with van der Waals surface area (Å²) in [6, 6.07) is 4.41. The van der Waals surface area contributed by atoms with E-state index in [1.807, 2.05) is 0 Å². The molecule has 0 aliphatic heterocycles. The predicted octanol–water partition coefficient (Wildman–Crippen LogP) is 3.02. The minimum absolute atomic E-state index is 0.0240. The van der Waals surface area contributed by atoms with Crippen LogP contribution < -0.4 is 0 Å². The molecule has 1 aromatic carbocycles. The van der Waals surface area contributed by atoms with Crippen LogP contribution in [0, 0.1) is 0 Å². The van der Waals surface area contributed by atoms with Crippen molar-refractivity contribution in [2.24, 2.45) is 0 Å². The largest absolute Gasteiger partial charge is 0.475 e. The van der Waals surface area contributed by atoms with Crippen molar-refractivity contribution in [2.45, 2.75) is 19.5 Å². The first-order valence-corrected chi connectivity index (χ1v) is 5.75. The van der Waals surface area contributed by atoms with Crippen molar-refractivity contribution in [1.29, 1.82) is 0 Å². The quantitative estimate of drug-likeness (QED) is 0.672. The van der Waals surface area contributed by atoms with E-state index >= 15 is 0 Å². The summed E-state index contributed by atoms with van der Waals surface area (Å²) in [4.78, 5) is 24.5. The number of benzene rings is 1. The first kappa shape index (κ1) is 14.1. The standard InChI is InChI=1S/C13H10F3NO3/c1-2-6-4-3-5-7-8(10(18)12(19)20)11(13(14,15)16)17-9(6)7/h3-5,17H,2H2,1H3,(H,19,20). The van der Waals surface area contributed by atoms with Crippen LogP contribution >= 0.6 is 0 Å². The van der Waals surface area contributed by atoms with E-state index in [0.29, 0.717) is 12.0 Å². The van der Waals surface area contributed by atoms with Gasteiger partial charge in [-0.15, -0.1) is 0 Å². The Morgan fingerprint density at radius 3 is 2.45 bits per heavy atom. The fourth-order valence-electron chi connectivity index (χ4n) is 2.13. The maximum absolute atomic E-state index is 13.0. The van der Waals surface area contributed by atoms with E-state index in [0.717, 1.165) is 0 Å². The van der Waals surface area contributed by atoms with E-state index < -0.39 is 29.2 Å². The number of rotatable bonds is 3. The molecule has 0 atom stereocenters. The molecule has 1 aromatic heterocycles. The molecule has 4 nitrogen and oxygen atoms in total. The molecule has 1 heterocycles. The number of aromatic amines is 1. The third-order valence-electron chi connectivity index (χ3n) is 3.01. The second kappa shape index (κ2) is 4.66. The molecule has 0 bridgehead atoms. The van der Waals surface area contributed by atoms with Crippen molar-refractivity contribution in [3.8, 4) is 0 Å². The van der Waals surface area contributed by atoms with Gasteiger partial charge in [0.25, 0.3) is 5.78 Å². The molecule has 0 saturated heterocycles. The van der Waals surface area contributed by atoms with Crippen LogP contribution in [-0.4, -0.2) is 21.8 Å². The maximum atomic E-state index is 13.0. The van der Waals surface area contributed by atoms with E-state index in [4.69, 9.17) is 5.11 Å². The highest BCUT2D eigenvalue weighted by atomic mass is 19.4. The molecule has 20 heavy (non-hydrogen) atoms. The Labute approximate surface area is 111 Å². The van der Waals surface area contributed by atoms with E-state index in [2.05, 4.69) is 4.98 Å². The van der Waals surface area contributed by atoms with E-state index in [-0.39, 0.29) is 10.9 Å². The molecule has 0 aliphatic rings. The monoisotopic (exact) mass is 285 g/mol. The number of ketones is 1. The molecule has 0 saturated carbocycles. The first-order valence-electron chi connectivity index (χ1n) is 5.75. The molecule has 2 rings (SSSR count). The fraction of sp³-hybridized carbons (Fsp3) is 0.231. The van der Waals surface area contributed by atoms with E-state index in [1.165, 1.54) is 12.1 Å². The third kappa shape index (κ3) is 2.15. The minimum atomic E-state index is -4.83. The molecule has 0 fully saturated rings. The summed E-state index contributed by atoms with van der Waals surface area (Å²) in [6.45, 7) is 1.75. The van der Waals surface area contributed by atoms with Crippen molar-refractivity contribution < 1.29 is 27.9 Å². The zero-order chi connectivity index (χ0) is 15.1. The number of halogens is 3. The van der Waals surface area contributed by atoms with Crippen LogP contribution in [0.2, 0.25) is 0 Å². The van der Waals surface area contributed by atoms with E-state index in [9.17, 15) is 22.8 Å². The Balaban J connectivity index is 2.88. The number of carboxylic acid groups (broad SMARTS) is 1. The number of aromatic nitrogens is 1. The lowest BCUT2D eigenvalue weighted by Crippen LogP contribution is -2.18. The van der Waals surface area contributed by atoms with Crippen LogP contribution in [0.25, 0.3) is 10.9 Å². The summed E-state index contributed by atoms with van der Waals surface area (Å²) in [5.74, 6) is -3.49. The van der Waals surface area contributed by atoms with Gasteiger partial charge in [0, 0.05) is 10.9 Å². The van der Waals surface area contributed by atoms with Gasteiger partial charge in [0.15, 0.2) is 0 Å². The topological polar surface area (TPSA) is 70.2 Å². The van der Waals surface area contributed by atoms with Gasteiger partial charge in [0.1, 0.15) is 5.69 Å². The Morgan fingerprint density at radius 1 is 1.30 bits per heavy atom. The average molecular weight is 285 g/mol. The number of nitrogens with one attached hydrogen (secondary N) is 1. The van der Waals surface area contributed by atoms with Crippen molar-refractivity contribution in [2.75, 3.05) is 0 Å². The molecule has 0 aliphatic carbocycles. The van der Waals surface area contributed by atoms with Gasteiger partial charge in [-0.1, -0.05) is 25.1 Å². The first-order chi connectivity index (χ1) is 9.27. The average Bonchev–Trinajstić information content (AvgIpc) is 2.76. The molecule has 0 amide bonds. The van der Waals surface area contributed by atoms with Gasteiger partial charge in [-0.3, -0.25) is 4.79 Å². The Hall–Kier alpha value is -2.31. The lowest BCUT2D eigenvalue weighted by atomic mass is 10.0. The molecule has 0 unspecified atom stereocenters. The Bertz CT molecular complexity index is 701. The summed E-state index contributed by atoms with van der Waals surface area (Å²) in [6.07, 6.45) is -4.37. The summed E-state index contributed by atoms with van der Waals surface area (Å²) >= 11 is 0. The lowest BCUT2D eigenvalue weighted by Gasteiger charge is -2.05. The van der Waals surface area contributed by atoms with Gasteiger partial charge in [-0.2, -0.15) is 13.2 Å². The number of para-hydroxylation sites is 1. The predicted molar refractivity (Wildman–Crippen MR) is 64.6 cm³/mol. The maximum Gasteiger partial charge on any atom is 0.432 e. The molecule has 106 valence electrons. The normalized spacial score (nSPS) is 11.8. The highest BCUT2D eigenvalue weighted by Crippen LogP contribution is 2.36. The van der Waals surface area contributed by atoms with Crippen LogP contribution in [0.5, 0.6) is 0 Å². The van der Waals surface area contributed by atoms with Crippen molar-refractivity contribution >= 4 is 22.7 Å². The molecule has 0 spiro atoms. The van der Waals surface area contributed by atoms with Gasteiger partial charge in [-0.05, 0) is 12.0 Å². The number of aryl methyl sites for hydroxylation is 1. The van der Waals surface area contributed by atoms with Crippen LogP contribution in [0.3, 0.4) is 0 Å². The van der Waals surface area contributed by atoms with Gasteiger partial charge in [-0.25, -0.2) is 4.79 Å². The van der Waals surface area contributed by atoms with Crippen LogP contribution in [-0.2, 0) is 17.4 Å². The summed E-state index contributed by atoms with van der Waals surface area (Å²) in [7, 11) is 0. The summed E-state index contributed by atoms with van der Waals surface area (Å²) < 4.78 is 38.9. The van der Waals surface area contributed by atoms with Crippen molar-refractivity contribution in [1.82, 2.24) is 4.98 Å². The zero-order valence-electron chi connectivity index (χ0n) is 10.3. The molecule has 2 N–H and O–H groups in total. The highest BCUT2D eigenvalue weighted by molar-refractivity contribution is 6.42. The Kier molecular flexibility index (Phi) is 3.29. The smallest absolute Gasteiger partial charge is 0.432 e. The molecule has 0 radical (unpaired) electrons. The highest BCUT2D eigenvalue weighted by Gasteiger charge is 2.40. The molecule has 2 aromatic rings. The number of aliphatic carboxylic acids is 1. The number of alkyl halides is 3. The molecule has 7 heteroatoms. The lowest BCUT2D eigenvalue weighted by molar-refractivity contribution is -0.141. The number of carbonyl (C=O) groups excluding carboxylic acids is 1. The van der Waals surface area contributed by atoms with Gasteiger partial charge < -0.3 is 10.1 Å². The number of H-pyrrole nitrogens is 1. The fourth-order valence-corrected chi connectivity index (χ4v) is 2.13. The van der Waals surface area contributed by atoms with Crippen LogP contribution in [0.4, 0.5) is 13.2 Å². The molecular formula is C13H10F3NO3. The SMILES string of the molecule is CCc1cccc2c(C(=O)C(=O)O)c(C(F)(F)F)[nH]c12. The van der Waals surface area contributed by atoms with Gasteiger partial charge >= 0.3 is 12.1 Å². The van der Waals surface area contributed by atoms with Crippen molar-refractivity contribution in [3.63, 3.8) is 0 Å². The second-order valence-electron chi connectivity index (χ2n) is 4.20. The van der Waals surface area contributed by atoms with Crippen molar-refractivity contribution in [3.05, 3.63) is 35.0 Å². The van der Waals surface area contributed by atoms with E-state index in [1.54, 1.807) is 13.0 Å². The number of Topliss-reactive ketones (excluding diaryl/α,β-unsaturated/α-hetero) is 1. The zero-order valence-corrected chi connectivity index (χ0v) is 10.3. The number of carboxylic acids is 1. The summed E-state index contributed by atoms with van der Waals surface area (Å²) in [5.41, 5.74) is -1.43. The van der Waals surface area contributed by atoms with Crippen LogP contribution in [0.15, 0.2) is 18.2 Å². The summed E-state index contributed by atoms with van der Waals surface area (Å²) in [5, 5.41) is 8.68. The second-order valence-corrected chi connectivity index (χ2v) is 4.20. The number of hydrogen-bond donors (Lipinski definition) is 2. The Morgan fingerprint density at radius 2 is 1.95 bits per heavy atom. The number of fused-ring (bicyclic) bond motifs is 1. The van der Waals surface area contributed by atoms with Gasteiger partial charge in [0.05, 0.1) is 5.56 Å². The molecular weight excluding hydrogens is 275 g/mol.